The van der Waals surface area contributed by atoms with Gasteiger partial charge in [0.25, 0.3) is 5.91 Å². The summed E-state index contributed by atoms with van der Waals surface area (Å²) in [4.78, 5) is 11.9. The average molecular weight is 394 g/mol. The van der Waals surface area contributed by atoms with Gasteiger partial charge in [-0.05, 0) is 31.2 Å². The van der Waals surface area contributed by atoms with Crippen molar-refractivity contribution in [2.45, 2.75) is 6.92 Å². The van der Waals surface area contributed by atoms with E-state index >= 15 is 0 Å². The molecule has 28 heavy (non-hydrogen) atoms. The van der Waals surface area contributed by atoms with Gasteiger partial charge in [-0.2, -0.15) is 15.5 Å². The van der Waals surface area contributed by atoms with Crippen molar-refractivity contribution in [1.29, 1.82) is 5.26 Å². The SMILES string of the molecule is Cc1nn(-c2ccccc2)c(Cl)c1/C=N/NC(=O)COc1ccccc1C#N. The standard InChI is InChI=1S/C20H16ClN5O2/c1-14-17(20(21)26(25-14)16-8-3-2-4-9-16)12-23-24-19(27)13-28-18-10-6-5-7-15(18)11-22/h2-10,12H,13H2,1H3,(H,24,27)/b23-12+. The fraction of sp³-hybridized carbons (Fsp3) is 0.100. The van der Waals surface area contributed by atoms with Gasteiger partial charge in [0.05, 0.1) is 28.7 Å². The number of nitrogens with one attached hydrogen (secondary N) is 1. The van der Waals surface area contributed by atoms with Crippen LogP contribution in [0.15, 0.2) is 59.7 Å². The lowest BCUT2D eigenvalue weighted by molar-refractivity contribution is -0.123. The summed E-state index contributed by atoms with van der Waals surface area (Å²) in [7, 11) is 0. The van der Waals surface area contributed by atoms with Crippen LogP contribution in [0.2, 0.25) is 5.15 Å². The zero-order valence-corrected chi connectivity index (χ0v) is 15.7. The molecule has 0 aliphatic carbocycles. The van der Waals surface area contributed by atoms with Crippen LogP contribution in [0.1, 0.15) is 16.8 Å². The molecule has 0 saturated carbocycles. The maximum atomic E-state index is 11.9. The average Bonchev–Trinajstić information content (AvgIpc) is 3.01. The summed E-state index contributed by atoms with van der Waals surface area (Å²) in [5.41, 5.74) is 4.82. The molecule has 8 heteroatoms. The number of halogens is 1. The van der Waals surface area contributed by atoms with Crippen molar-refractivity contribution in [3.8, 4) is 17.5 Å². The second kappa shape index (κ2) is 8.84. The number of hydrazone groups is 1. The summed E-state index contributed by atoms with van der Waals surface area (Å²) in [6.45, 7) is 1.53. The second-order valence-corrected chi connectivity index (χ2v) is 6.09. The van der Waals surface area contributed by atoms with E-state index in [2.05, 4.69) is 15.6 Å². The van der Waals surface area contributed by atoms with Crippen LogP contribution in [0, 0.1) is 18.3 Å². The second-order valence-electron chi connectivity index (χ2n) is 5.73. The van der Waals surface area contributed by atoms with Crippen LogP contribution in [0.5, 0.6) is 5.75 Å². The van der Waals surface area contributed by atoms with Crippen LogP contribution in [0.3, 0.4) is 0 Å². The van der Waals surface area contributed by atoms with Gasteiger partial charge in [-0.3, -0.25) is 4.79 Å². The van der Waals surface area contributed by atoms with Crippen molar-refractivity contribution in [2.24, 2.45) is 5.10 Å². The monoisotopic (exact) mass is 393 g/mol. The molecule has 1 N–H and O–H groups in total. The number of hydrogen-bond donors (Lipinski definition) is 1. The fourth-order valence-corrected chi connectivity index (χ4v) is 2.75. The molecule has 0 atom stereocenters. The topological polar surface area (TPSA) is 92.3 Å². The highest BCUT2D eigenvalue weighted by molar-refractivity contribution is 6.32. The van der Waals surface area contributed by atoms with Crippen molar-refractivity contribution in [3.05, 3.63) is 76.6 Å². The predicted molar refractivity (Wildman–Crippen MR) is 106 cm³/mol. The number of ether oxygens (including phenoxy) is 1. The summed E-state index contributed by atoms with van der Waals surface area (Å²) in [5, 5.41) is 17.7. The van der Waals surface area contributed by atoms with Gasteiger partial charge in [0.2, 0.25) is 0 Å². The Bertz CT molecular complexity index is 1050. The molecule has 7 nitrogen and oxygen atoms in total. The minimum Gasteiger partial charge on any atom is -0.482 e. The molecule has 1 aromatic heterocycles. The van der Waals surface area contributed by atoms with Crippen LogP contribution in [0.4, 0.5) is 0 Å². The quantitative estimate of drug-likeness (QED) is 0.514. The van der Waals surface area contributed by atoms with Gasteiger partial charge in [0.15, 0.2) is 6.61 Å². The van der Waals surface area contributed by atoms with E-state index in [0.717, 1.165) is 5.69 Å². The highest BCUT2D eigenvalue weighted by Gasteiger charge is 2.13. The van der Waals surface area contributed by atoms with Crippen molar-refractivity contribution < 1.29 is 9.53 Å². The molecule has 0 radical (unpaired) electrons. The molecule has 3 aromatic rings. The molecule has 0 saturated heterocycles. The summed E-state index contributed by atoms with van der Waals surface area (Å²) < 4.78 is 6.95. The van der Waals surface area contributed by atoms with Crippen molar-refractivity contribution >= 4 is 23.7 Å². The van der Waals surface area contributed by atoms with Crippen molar-refractivity contribution in [1.82, 2.24) is 15.2 Å². The van der Waals surface area contributed by atoms with E-state index in [-0.39, 0.29) is 6.61 Å². The van der Waals surface area contributed by atoms with Crippen LogP contribution < -0.4 is 10.2 Å². The van der Waals surface area contributed by atoms with Gasteiger partial charge < -0.3 is 4.74 Å². The number of carbonyl (C=O) groups is 1. The Morgan fingerprint density at radius 3 is 2.75 bits per heavy atom. The first-order valence-electron chi connectivity index (χ1n) is 8.34. The Morgan fingerprint density at radius 1 is 1.29 bits per heavy atom. The van der Waals surface area contributed by atoms with Gasteiger partial charge in [-0.25, -0.2) is 10.1 Å². The Hall–Kier alpha value is -3.63. The van der Waals surface area contributed by atoms with Crippen LogP contribution in [-0.4, -0.2) is 28.5 Å². The number of aryl methyl sites for hydroxylation is 1. The Labute approximate surface area is 166 Å². The van der Waals surface area contributed by atoms with E-state index in [1.54, 1.807) is 35.9 Å². The number of nitrogens with zero attached hydrogens (tertiary/aromatic N) is 4. The Balaban J connectivity index is 1.63. The van der Waals surface area contributed by atoms with Gasteiger partial charge in [-0.15, -0.1) is 0 Å². The summed E-state index contributed by atoms with van der Waals surface area (Å²) >= 11 is 6.40. The zero-order valence-electron chi connectivity index (χ0n) is 15.0. The molecule has 0 aliphatic heterocycles. The van der Waals surface area contributed by atoms with E-state index in [9.17, 15) is 4.79 Å². The smallest absolute Gasteiger partial charge is 0.277 e. The number of rotatable bonds is 6. The molecule has 1 heterocycles. The van der Waals surface area contributed by atoms with E-state index < -0.39 is 5.91 Å². The number of carbonyl (C=O) groups excluding carboxylic acids is 1. The van der Waals surface area contributed by atoms with Crippen LogP contribution in [0.25, 0.3) is 5.69 Å². The summed E-state index contributed by atoms with van der Waals surface area (Å²) in [5.74, 6) is -0.125. The van der Waals surface area contributed by atoms with E-state index in [4.69, 9.17) is 21.6 Å². The van der Waals surface area contributed by atoms with Crippen molar-refractivity contribution in [2.75, 3.05) is 6.61 Å². The predicted octanol–water partition coefficient (Wildman–Crippen LogP) is 3.23. The van der Waals surface area contributed by atoms with E-state index in [1.807, 2.05) is 36.4 Å². The van der Waals surface area contributed by atoms with E-state index in [0.29, 0.717) is 27.7 Å². The highest BCUT2D eigenvalue weighted by atomic mass is 35.5. The number of nitriles is 1. The minimum atomic E-state index is -0.465. The molecular weight excluding hydrogens is 378 g/mol. The lowest BCUT2D eigenvalue weighted by Gasteiger charge is -2.06. The van der Waals surface area contributed by atoms with E-state index in [1.165, 1.54) is 6.21 Å². The molecule has 3 rings (SSSR count). The third-order valence-corrected chi connectivity index (χ3v) is 4.16. The number of hydrogen-bond acceptors (Lipinski definition) is 5. The van der Waals surface area contributed by atoms with Crippen LogP contribution in [-0.2, 0) is 4.79 Å². The molecular formula is C20H16ClN5O2. The largest absolute Gasteiger partial charge is 0.482 e. The molecule has 140 valence electrons. The third kappa shape index (κ3) is 4.37. The Kier molecular flexibility index (Phi) is 6.04. The first-order chi connectivity index (χ1) is 13.6. The van der Waals surface area contributed by atoms with Crippen molar-refractivity contribution in [3.63, 3.8) is 0 Å². The molecule has 2 aromatic carbocycles. The molecule has 0 unspecified atom stereocenters. The maximum Gasteiger partial charge on any atom is 0.277 e. The Morgan fingerprint density at radius 2 is 2.00 bits per heavy atom. The van der Waals surface area contributed by atoms with Gasteiger partial charge in [0.1, 0.15) is 17.0 Å². The first-order valence-corrected chi connectivity index (χ1v) is 8.72. The summed E-state index contributed by atoms with van der Waals surface area (Å²) in [6.07, 6.45) is 1.44. The first kappa shape index (κ1) is 19.1. The molecule has 0 fully saturated rings. The molecule has 0 aliphatic rings. The van der Waals surface area contributed by atoms with Gasteiger partial charge >= 0.3 is 0 Å². The summed E-state index contributed by atoms with van der Waals surface area (Å²) in [6, 6.07) is 18.1. The van der Waals surface area contributed by atoms with Gasteiger partial charge in [-0.1, -0.05) is 41.9 Å². The molecule has 0 spiro atoms. The zero-order chi connectivity index (χ0) is 19.9. The normalized spacial score (nSPS) is 10.6. The maximum absolute atomic E-state index is 11.9. The molecule has 0 bridgehead atoms. The number of benzene rings is 2. The number of para-hydroxylation sites is 2. The van der Waals surface area contributed by atoms with Gasteiger partial charge in [0, 0.05) is 0 Å². The fourth-order valence-electron chi connectivity index (χ4n) is 2.43. The lowest BCUT2D eigenvalue weighted by Crippen LogP contribution is -2.24. The highest BCUT2D eigenvalue weighted by Crippen LogP contribution is 2.21. The van der Waals surface area contributed by atoms with Crippen LogP contribution >= 0.6 is 11.6 Å². The third-order valence-electron chi connectivity index (χ3n) is 3.80. The lowest BCUT2D eigenvalue weighted by atomic mass is 10.2. The number of amides is 1. The minimum absolute atomic E-state index is 0.272. The number of aromatic nitrogens is 2. The molecule has 1 amide bonds.